The molecule has 33 heavy (non-hydrogen) atoms. The van der Waals surface area contributed by atoms with E-state index in [0.29, 0.717) is 52.1 Å². The Morgan fingerprint density at radius 1 is 0.879 bits per heavy atom. The van der Waals surface area contributed by atoms with Crippen LogP contribution in [0.2, 0.25) is 0 Å². The minimum atomic E-state index is -0.192. The largest absolute Gasteiger partial charge is 0.299 e. The fraction of sp³-hybridized carbons (Fsp3) is 0.935. The van der Waals surface area contributed by atoms with E-state index in [1.807, 2.05) is 0 Å². The van der Waals surface area contributed by atoms with Crippen LogP contribution in [0, 0.1) is 79.8 Å². The number of hydrogen-bond acceptors (Lipinski definition) is 2. The van der Waals surface area contributed by atoms with Gasteiger partial charge in [-0.15, -0.1) is 0 Å². The van der Waals surface area contributed by atoms with Gasteiger partial charge in [-0.2, -0.15) is 5.26 Å². The quantitative estimate of drug-likeness (QED) is 0.404. The second kappa shape index (κ2) is 7.11. The van der Waals surface area contributed by atoms with E-state index in [2.05, 4.69) is 61.5 Å². The van der Waals surface area contributed by atoms with E-state index in [4.69, 9.17) is 0 Å². The lowest BCUT2D eigenvalue weighted by atomic mass is 9.32. The second-order valence-electron chi connectivity index (χ2n) is 15.1. The maximum Gasteiger partial charge on any atom is 0.141 e. The third-order valence-electron chi connectivity index (χ3n) is 13.5. The first-order valence-electron chi connectivity index (χ1n) is 14.2. The van der Waals surface area contributed by atoms with Crippen molar-refractivity contribution in [1.29, 1.82) is 5.26 Å². The zero-order valence-electron chi connectivity index (χ0n) is 22.8. The fourth-order valence-corrected chi connectivity index (χ4v) is 12.0. The summed E-state index contributed by atoms with van der Waals surface area (Å²) in [6.45, 7) is 19.5. The highest BCUT2D eigenvalue weighted by atomic mass is 16.1. The van der Waals surface area contributed by atoms with E-state index in [-0.39, 0.29) is 22.2 Å². The van der Waals surface area contributed by atoms with Crippen LogP contribution in [-0.2, 0) is 4.79 Å². The summed E-state index contributed by atoms with van der Waals surface area (Å²) in [6.07, 6.45) is 10.9. The summed E-state index contributed by atoms with van der Waals surface area (Å²) >= 11 is 0. The molecule has 0 aromatic carbocycles. The Bertz CT molecular complexity index is 882. The van der Waals surface area contributed by atoms with E-state index in [0.717, 1.165) is 19.3 Å². The lowest BCUT2D eigenvalue weighted by Crippen LogP contribution is -2.67. The Morgan fingerprint density at radius 3 is 2.21 bits per heavy atom. The van der Waals surface area contributed by atoms with Crippen LogP contribution < -0.4 is 0 Å². The highest BCUT2D eigenvalue weighted by Crippen LogP contribution is 2.77. The zero-order valence-corrected chi connectivity index (χ0v) is 22.8. The van der Waals surface area contributed by atoms with Crippen LogP contribution in [0.25, 0.3) is 0 Å². The molecule has 5 aliphatic rings. The van der Waals surface area contributed by atoms with Crippen LogP contribution in [0.1, 0.15) is 113 Å². The number of carbonyl (C=O) groups excluding carboxylic acids is 1. The Kier molecular flexibility index (Phi) is 5.14. The zero-order chi connectivity index (χ0) is 24.2. The van der Waals surface area contributed by atoms with Crippen molar-refractivity contribution in [3.63, 3.8) is 0 Å². The summed E-state index contributed by atoms with van der Waals surface area (Å²) in [6, 6.07) is 2.94. The molecule has 5 rings (SSSR count). The normalized spacial score (nSPS) is 55.2. The van der Waals surface area contributed by atoms with E-state index in [1.54, 1.807) is 0 Å². The van der Waals surface area contributed by atoms with Crippen molar-refractivity contribution in [2.75, 3.05) is 0 Å². The number of nitrogens with zero attached hydrogens (tertiary/aromatic N) is 1. The van der Waals surface area contributed by atoms with Gasteiger partial charge in [-0.25, -0.2) is 0 Å². The van der Waals surface area contributed by atoms with Gasteiger partial charge in [-0.1, -0.05) is 55.4 Å². The first kappa shape index (κ1) is 23.9. The predicted octanol–water partition coefficient (Wildman–Crippen LogP) is 8.06. The molecule has 0 N–H and O–H groups in total. The summed E-state index contributed by atoms with van der Waals surface area (Å²) in [4.78, 5) is 13.2. The molecule has 0 spiro atoms. The number of hydrogen-bond donors (Lipinski definition) is 0. The Labute approximate surface area is 203 Å². The second-order valence-corrected chi connectivity index (χ2v) is 15.1. The topological polar surface area (TPSA) is 40.9 Å². The van der Waals surface area contributed by atoms with Crippen molar-refractivity contribution in [2.24, 2.45) is 68.5 Å². The number of ketones is 1. The standard InChI is InChI=1S/C31H49NO/c1-19(2)21-11-14-31(18-32)16-15-29(7)22(25(21)31)9-10-24-28(6)17-20(3)26(33)27(4,5)23(28)12-13-30(24,29)8/h19-25H,9-17H2,1-8H3/t20-,21+,22-,23-,24-,25+,28-,29-,30-,31-/m1/s1. The van der Waals surface area contributed by atoms with Gasteiger partial charge in [-0.05, 0) is 110 Å². The van der Waals surface area contributed by atoms with E-state index in [9.17, 15) is 10.1 Å². The SMILES string of the molecule is CC(C)[C@@H]1CC[C@]2(C#N)CC[C@]3(C)[C@H](CC[C@@H]4[C@]5(C)C[C@@H](C)C(=O)C(C)(C)[C@H]5CC[C@]43C)[C@H]12. The molecule has 2 heteroatoms. The molecule has 0 unspecified atom stereocenters. The molecule has 0 aromatic heterocycles. The number of nitriles is 1. The predicted molar refractivity (Wildman–Crippen MR) is 134 cm³/mol. The summed E-state index contributed by atoms with van der Waals surface area (Å²) in [7, 11) is 0. The van der Waals surface area contributed by atoms with E-state index >= 15 is 0 Å². The average molecular weight is 452 g/mol. The first-order valence-corrected chi connectivity index (χ1v) is 14.2. The maximum atomic E-state index is 13.2. The Hall–Kier alpha value is -0.840. The van der Waals surface area contributed by atoms with Crippen LogP contribution in [0.4, 0.5) is 0 Å². The molecule has 5 aliphatic carbocycles. The number of Topliss-reactive ketones (excluding diaryl/α,β-unsaturated/α-hetero) is 1. The fourth-order valence-electron chi connectivity index (χ4n) is 12.0. The van der Waals surface area contributed by atoms with Gasteiger partial charge >= 0.3 is 0 Å². The molecule has 0 heterocycles. The van der Waals surface area contributed by atoms with Crippen LogP contribution in [0.3, 0.4) is 0 Å². The van der Waals surface area contributed by atoms with Gasteiger partial charge in [0.25, 0.3) is 0 Å². The lowest BCUT2D eigenvalue weighted by molar-refractivity contribution is -0.235. The molecule has 2 nitrogen and oxygen atoms in total. The molecule has 0 amide bonds. The molecule has 0 aromatic rings. The van der Waals surface area contributed by atoms with Gasteiger partial charge in [-0.3, -0.25) is 4.79 Å². The molecule has 5 saturated carbocycles. The van der Waals surface area contributed by atoms with Gasteiger partial charge in [0, 0.05) is 11.3 Å². The monoisotopic (exact) mass is 451 g/mol. The Morgan fingerprint density at radius 2 is 1.58 bits per heavy atom. The third-order valence-corrected chi connectivity index (χ3v) is 13.5. The minimum Gasteiger partial charge on any atom is -0.299 e. The third kappa shape index (κ3) is 2.75. The summed E-state index contributed by atoms with van der Waals surface area (Å²) in [5.74, 6) is 4.59. The highest BCUT2D eigenvalue weighted by Gasteiger charge is 2.71. The van der Waals surface area contributed by atoms with Crippen LogP contribution in [-0.4, -0.2) is 5.78 Å². The Balaban J connectivity index is 1.57. The van der Waals surface area contributed by atoms with Crippen molar-refractivity contribution >= 4 is 5.78 Å². The summed E-state index contributed by atoms with van der Waals surface area (Å²) in [5.41, 5.74) is 0.651. The molecular weight excluding hydrogens is 402 g/mol. The first-order chi connectivity index (χ1) is 15.3. The van der Waals surface area contributed by atoms with Crippen molar-refractivity contribution in [1.82, 2.24) is 0 Å². The molecule has 10 atom stereocenters. The molecule has 0 radical (unpaired) electrons. The highest BCUT2D eigenvalue weighted by molar-refractivity contribution is 5.87. The molecule has 0 aliphatic heterocycles. The van der Waals surface area contributed by atoms with Crippen LogP contribution in [0.15, 0.2) is 0 Å². The smallest absolute Gasteiger partial charge is 0.141 e. The van der Waals surface area contributed by atoms with E-state index in [1.165, 1.54) is 38.5 Å². The molecule has 184 valence electrons. The van der Waals surface area contributed by atoms with Gasteiger partial charge in [0.05, 0.1) is 11.5 Å². The van der Waals surface area contributed by atoms with Crippen LogP contribution in [0.5, 0.6) is 0 Å². The van der Waals surface area contributed by atoms with Crippen molar-refractivity contribution in [2.45, 2.75) is 113 Å². The molecule has 0 saturated heterocycles. The van der Waals surface area contributed by atoms with Crippen molar-refractivity contribution < 1.29 is 4.79 Å². The number of carbonyl (C=O) groups is 1. The van der Waals surface area contributed by atoms with E-state index < -0.39 is 0 Å². The molecule has 5 fully saturated rings. The summed E-state index contributed by atoms with van der Waals surface area (Å²) in [5, 5.41) is 10.4. The molecule has 0 bridgehead atoms. The van der Waals surface area contributed by atoms with Gasteiger partial charge in [0.15, 0.2) is 0 Å². The lowest BCUT2D eigenvalue weighted by Gasteiger charge is -2.72. The summed E-state index contributed by atoms with van der Waals surface area (Å²) < 4.78 is 0. The average Bonchev–Trinajstić information content (AvgIpc) is 3.13. The maximum absolute atomic E-state index is 13.2. The van der Waals surface area contributed by atoms with Crippen molar-refractivity contribution in [3.8, 4) is 6.07 Å². The van der Waals surface area contributed by atoms with Gasteiger partial charge < -0.3 is 0 Å². The minimum absolute atomic E-state index is 0.0584. The number of rotatable bonds is 1. The van der Waals surface area contributed by atoms with Gasteiger partial charge in [0.2, 0.25) is 0 Å². The van der Waals surface area contributed by atoms with Crippen molar-refractivity contribution in [3.05, 3.63) is 0 Å². The number of fused-ring (bicyclic) bond motifs is 7. The van der Waals surface area contributed by atoms with Crippen LogP contribution >= 0.6 is 0 Å². The van der Waals surface area contributed by atoms with Gasteiger partial charge in [0.1, 0.15) is 5.78 Å². The molecular formula is C31H49NO.